The first-order valence-electron chi connectivity index (χ1n) is 8.40. The Labute approximate surface area is 166 Å². The maximum Gasteiger partial charge on any atom is 0.336 e. The van der Waals surface area contributed by atoms with Crippen LogP contribution in [0.5, 0.6) is 5.88 Å². The Hall–Kier alpha value is -3.24. The van der Waals surface area contributed by atoms with Gasteiger partial charge in [-0.15, -0.1) is 0 Å². The second kappa shape index (κ2) is 7.30. The zero-order valence-corrected chi connectivity index (χ0v) is 15.4. The lowest BCUT2D eigenvalue weighted by molar-refractivity contribution is 0.0819. The van der Waals surface area contributed by atoms with E-state index in [9.17, 15) is 23.5 Å². The molecule has 0 spiro atoms. The Balaban J connectivity index is 1.65. The highest BCUT2D eigenvalue weighted by molar-refractivity contribution is 6.32. The van der Waals surface area contributed by atoms with Crippen LogP contribution in [0.25, 0.3) is 5.69 Å². The number of aromatic hydroxyl groups is 1. The minimum atomic E-state index is -1.11. The molecule has 0 unspecified atom stereocenters. The van der Waals surface area contributed by atoms with E-state index in [1.807, 2.05) is 0 Å². The van der Waals surface area contributed by atoms with Gasteiger partial charge in [0.25, 0.3) is 5.91 Å². The molecule has 0 radical (unpaired) electrons. The van der Waals surface area contributed by atoms with Gasteiger partial charge in [0.1, 0.15) is 11.5 Å². The molecular formula is C18H13ClF2N4O4. The van der Waals surface area contributed by atoms with Crippen molar-refractivity contribution in [3.8, 4) is 11.6 Å². The van der Waals surface area contributed by atoms with Gasteiger partial charge in [0.2, 0.25) is 5.88 Å². The van der Waals surface area contributed by atoms with E-state index in [-0.39, 0.29) is 28.9 Å². The number of halogens is 3. The van der Waals surface area contributed by atoms with Gasteiger partial charge in [0.05, 0.1) is 36.7 Å². The van der Waals surface area contributed by atoms with E-state index in [0.29, 0.717) is 24.9 Å². The van der Waals surface area contributed by atoms with Crippen LogP contribution in [0.4, 0.5) is 14.5 Å². The van der Waals surface area contributed by atoms with Gasteiger partial charge < -0.3 is 15.2 Å². The van der Waals surface area contributed by atoms with Crippen LogP contribution in [0, 0.1) is 11.6 Å². The highest BCUT2D eigenvalue weighted by atomic mass is 35.5. The zero-order chi connectivity index (χ0) is 20.7. The van der Waals surface area contributed by atoms with Gasteiger partial charge in [-0.2, -0.15) is 0 Å². The Kier molecular flexibility index (Phi) is 4.81. The first kappa shape index (κ1) is 19.1. The maximum absolute atomic E-state index is 13.7. The number of hydrogen-bond acceptors (Lipinski definition) is 5. The van der Waals surface area contributed by atoms with Crippen LogP contribution in [-0.2, 0) is 17.9 Å². The number of hydrogen-bond donors (Lipinski definition) is 2. The average Bonchev–Trinajstić information content (AvgIpc) is 2.93. The van der Waals surface area contributed by atoms with Gasteiger partial charge >= 0.3 is 5.69 Å². The Morgan fingerprint density at radius 2 is 2.10 bits per heavy atom. The van der Waals surface area contributed by atoms with Crippen LogP contribution in [0.1, 0.15) is 16.2 Å². The summed E-state index contributed by atoms with van der Waals surface area (Å²) in [6.45, 7) is 0.746. The number of benzene rings is 1. The van der Waals surface area contributed by atoms with Crippen molar-refractivity contribution in [1.29, 1.82) is 0 Å². The first-order chi connectivity index (χ1) is 13.9. The molecule has 0 aliphatic carbocycles. The molecular weight excluding hydrogens is 410 g/mol. The summed E-state index contributed by atoms with van der Waals surface area (Å²) < 4.78 is 34.3. The molecule has 2 aromatic heterocycles. The molecule has 0 fully saturated rings. The number of nitrogens with zero attached hydrogens (tertiary/aromatic N) is 3. The highest BCUT2D eigenvalue weighted by Crippen LogP contribution is 2.29. The molecule has 1 aliphatic heterocycles. The number of pyridine rings is 1. The number of aromatic nitrogens is 3. The Bertz CT molecular complexity index is 1190. The third-order valence-electron chi connectivity index (χ3n) is 4.39. The molecule has 4 rings (SSSR count). The lowest BCUT2D eigenvalue weighted by Gasteiger charge is -2.13. The lowest BCUT2D eigenvalue weighted by atomic mass is 10.2. The average molecular weight is 423 g/mol. The second-order valence-corrected chi connectivity index (χ2v) is 6.60. The lowest BCUT2D eigenvalue weighted by Crippen LogP contribution is -2.28. The Morgan fingerprint density at radius 1 is 1.31 bits per heavy atom. The van der Waals surface area contributed by atoms with Crippen molar-refractivity contribution in [1.82, 2.24) is 14.1 Å². The summed E-state index contributed by atoms with van der Waals surface area (Å²) in [6, 6.07) is 4.71. The van der Waals surface area contributed by atoms with Crippen LogP contribution < -0.4 is 11.0 Å². The molecule has 1 amide bonds. The van der Waals surface area contributed by atoms with Crippen LogP contribution in [-0.4, -0.2) is 31.7 Å². The Morgan fingerprint density at radius 3 is 2.79 bits per heavy atom. The van der Waals surface area contributed by atoms with Crippen molar-refractivity contribution in [2.75, 3.05) is 11.9 Å². The van der Waals surface area contributed by atoms with E-state index in [0.717, 1.165) is 10.8 Å². The largest absolute Gasteiger partial charge is 0.493 e. The topological polar surface area (TPSA) is 98.4 Å². The van der Waals surface area contributed by atoms with Gasteiger partial charge in [0.15, 0.2) is 11.5 Å². The van der Waals surface area contributed by atoms with Gasteiger partial charge in [-0.1, -0.05) is 11.6 Å². The van der Waals surface area contributed by atoms with Crippen LogP contribution in [0.2, 0.25) is 5.02 Å². The second-order valence-electron chi connectivity index (χ2n) is 6.20. The number of imidazole rings is 1. The first-order valence-corrected chi connectivity index (χ1v) is 8.78. The fourth-order valence-corrected chi connectivity index (χ4v) is 3.29. The molecule has 11 heteroatoms. The minimum absolute atomic E-state index is 0.0524. The monoisotopic (exact) mass is 422 g/mol. The summed E-state index contributed by atoms with van der Waals surface area (Å²) in [5.41, 5.74) is -0.334. The molecule has 0 atom stereocenters. The fraction of sp³-hybridized carbons (Fsp3) is 0.167. The normalized spacial score (nSPS) is 13.2. The maximum atomic E-state index is 13.7. The van der Waals surface area contributed by atoms with Gasteiger partial charge in [0, 0.05) is 11.8 Å². The summed E-state index contributed by atoms with van der Waals surface area (Å²) >= 11 is 6.25. The molecule has 150 valence electrons. The van der Waals surface area contributed by atoms with Crippen molar-refractivity contribution in [2.24, 2.45) is 0 Å². The summed E-state index contributed by atoms with van der Waals surface area (Å²) in [4.78, 5) is 28.2. The van der Waals surface area contributed by atoms with Gasteiger partial charge in [-0.05, 0) is 18.2 Å². The summed E-state index contributed by atoms with van der Waals surface area (Å²) in [6.07, 6.45) is 0.724. The van der Waals surface area contributed by atoms with Gasteiger partial charge in [-0.25, -0.2) is 23.1 Å². The quantitative estimate of drug-likeness (QED) is 0.675. The van der Waals surface area contributed by atoms with Crippen LogP contribution >= 0.6 is 11.6 Å². The fourth-order valence-electron chi connectivity index (χ4n) is 3.03. The van der Waals surface area contributed by atoms with Crippen molar-refractivity contribution in [2.45, 2.75) is 13.2 Å². The molecule has 3 aromatic rings. The molecule has 2 N–H and O–H groups in total. The summed E-state index contributed by atoms with van der Waals surface area (Å²) in [5.74, 6) is -3.20. The SMILES string of the molecule is O=C(Nc1ccc(-n2c(O)c3n(c2=O)CCOC3)c(Cl)c1)c1ncc(F)cc1F. The predicted molar refractivity (Wildman–Crippen MR) is 98.5 cm³/mol. The molecule has 8 nitrogen and oxygen atoms in total. The number of fused-ring (bicyclic) bond motifs is 1. The third-order valence-corrected chi connectivity index (χ3v) is 4.69. The van der Waals surface area contributed by atoms with Crippen molar-refractivity contribution in [3.05, 3.63) is 69.0 Å². The number of carbonyl (C=O) groups excluding carboxylic acids is 1. The van der Waals surface area contributed by atoms with E-state index in [1.165, 1.54) is 22.8 Å². The third kappa shape index (κ3) is 3.36. The van der Waals surface area contributed by atoms with Crippen molar-refractivity contribution < 1.29 is 23.4 Å². The molecule has 0 saturated carbocycles. The molecule has 1 aromatic carbocycles. The van der Waals surface area contributed by atoms with Crippen molar-refractivity contribution in [3.63, 3.8) is 0 Å². The standard InChI is InChI=1S/C18H13ClF2N4O4/c19-11-6-10(23-16(26)15-12(21)5-9(20)7-22-15)1-2-13(11)25-17(27)14-8-29-4-3-24(14)18(25)28/h1-2,5-7,27H,3-4,8H2,(H,23,26). The number of ether oxygens (including phenoxy) is 1. The number of carbonyl (C=O) groups is 1. The van der Waals surface area contributed by atoms with Crippen molar-refractivity contribution >= 4 is 23.2 Å². The molecule has 29 heavy (non-hydrogen) atoms. The van der Waals surface area contributed by atoms with E-state index in [4.69, 9.17) is 16.3 Å². The van der Waals surface area contributed by atoms with E-state index in [1.54, 1.807) is 0 Å². The number of nitrogens with one attached hydrogen (secondary N) is 1. The molecule has 0 bridgehead atoms. The van der Waals surface area contributed by atoms with Gasteiger partial charge in [-0.3, -0.25) is 9.36 Å². The number of amides is 1. The summed E-state index contributed by atoms with van der Waals surface area (Å²) in [5, 5.41) is 12.8. The number of anilines is 1. The van der Waals surface area contributed by atoms with E-state index < -0.39 is 28.9 Å². The smallest absolute Gasteiger partial charge is 0.336 e. The molecule has 3 heterocycles. The van der Waals surface area contributed by atoms with E-state index >= 15 is 0 Å². The summed E-state index contributed by atoms with van der Waals surface area (Å²) in [7, 11) is 0. The molecule has 1 aliphatic rings. The molecule has 0 saturated heterocycles. The van der Waals surface area contributed by atoms with E-state index in [2.05, 4.69) is 10.3 Å². The minimum Gasteiger partial charge on any atom is -0.493 e. The van der Waals surface area contributed by atoms with Crippen LogP contribution in [0.15, 0.2) is 35.3 Å². The predicted octanol–water partition coefficient (Wildman–Crippen LogP) is 2.45. The van der Waals surface area contributed by atoms with Crippen LogP contribution in [0.3, 0.4) is 0 Å². The zero-order valence-electron chi connectivity index (χ0n) is 14.7. The highest BCUT2D eigenvalue weighted by Gasteiger charge is 2.24. The number of rotatable bonds is 3.